The number of hydrogen-bond donors (Lipinski definition) is 4. The summed E-state index contributed by atoms with van der Waals surface area (Å²) in [7, 11) is 0. The maximum atomic E-state index is 12.3. The zero-order valence-corrected chi connectivity index (χ0v) is 15.2. The number of benzene rings is 2. The molecule has 1 heterocycles. The molecule has 2 aromatic rings. The molecule has 1 saturated heterocycles. The smallest absolute Gasteiger partial charge is 0.319 e. The monoisotopic (exact) mass is 382 g/mol. The van der Waals surface area contributed by atoms with Crippen molar-refractivity contribution < 1.29 is 19.1 Å². The van der Waals surface area contributed by atoms with Crippen LogP contribution in [-0.2, 0) is 4.74 Å². The van der Waals surface area contributed by atoms with Gasteiger partial charge in [-0.15, -0.1) is 0 Å². The Hall–Kier alpha value is -3.39. The van der Waals surface area contributed by atoms with E-state index in [-0.39, 0.29) is 18.0 Å². The molecule has 0 saturated carbocycles. The molecule has 1 fully saturated rings. The lowest BCUT2D eigenvalue weighted by atomic mass is 10.1. The SMILES string of the molecule is NC(=O)c1ccc(C(=O)Nc2ccc(NC(=O)NCC3CCCO3)cc2)cc1. The van der Waals surface area contributed by atoms with Gasteiger partial charge >= 0.3 is 6.03 Å². The zero-order chi connectivity index (χ0) is 19.9. The van der Waals surface area contributed by atoms with E-state index in [1.165, 1.54) is 24.3 Å². The van der Waals surface area contributed by atoms with E-state index in [2.05, 4.69) is 16.0 Å². The van der Waals surface area contributed by atoms with E-state index >= 15 is 0 Å². The zero-order valence-electron chi connectivity index (χ0n) is 15.2. The second-order valence-corrected chi connectivity index (χ2v) is 6.44. The Kier molecular flexibility index (Phi) is 6.23. The molecule has 0 aliphatic carbocycles. The van der Waals surface area contributed by atoms with E-state index < -0.39 is 5.91 Å². The largest absolute Gasteiger partial charge is 0.376 e. The Balaban J connectivity index is 1.49. The molecule has 5 N–H and O–H groups in total. The maximum absolute atomic E-state index is 12.3. The number of rotatable bonds is 6. The first-order valence-electron chi connectivity index (χ1n) is 8.99. The van der Waals surface area contributed by atoms with Crippen LogP contribution < -0.4 is 21.7 Å². The van der Waals surface area contributed by atoms with Gasteiger partial charge in [0.25, 0.3) is 5.91 Å². The van der Waals surface area contributed by atoms with E-state index in [4.69, 9.17) is 10.5 Å². The standard InChI is InChI=1S/C20H22N4O4/c21-18(25)13-3-5-14(6-4-13)19(26)23-15-7-9-16(10-8-15)24-20(27)22-12-17-2-1-11-28-17/h3-10,17H,1-2,11-12H2,(H2,21,25)(H,23,26)(H2,22,24,27). The van der Waals surface area contributed by atoms with Crippen LogP contribution in [0.4, 0.5) is 16.2 Å². The van der Waals surface area contributed by atoms with Gasteiger partial charge in [-0.3, -0.25) is 9.59 Å². The second kappa shape index (κ2) is 9.01. The molecular formula is C20H22N4O4. The average Bonchev–Trinajstić information content (AvgIpc) is 3.21. The van der Waals surface area contributed by atoms with Crippen molar-refractivity contribution in [3.63, 3.8) is 0 Å². The summed E-state index contributed by atoms with van der Waals surface area (Å²) < 4.78 is 5.46. The van der Waals surface area contributed by atoms with Crippen molar-refractivity contribution in [2.75, 3.05) is 23.8 Å². The number of anilines is 2. The minimum absolute atomic E-state index is 0.0837. The second-order valence-electron chi connectivity index (χ2n) is 6.44. The van der Waals surface area contributed by atoms with E-state index in [1.54, 1.807) is 24.3 Å². The van der Waals surface area contributed by atoms with Crippen molar-refractivity contribution in [3.8, 4) is 0 Å². The highest BCUT2D eigenvalue weighted by atomic mass is 16.5. The van der Waals surface area contributed by atoms with Gasteiger partial charge in [0.05, 0.1) is 6.10 Å². The third-order valence-corrected chi connectivity index (χ3v) is 4.35. The van der Waals surface area contributed by atoms with E-state index in [1.807, 2.05) is 0 Å². The topological polar surface area (TPSA) is 123 Å². The van der Waals surface area contributed by atoms with Crippen molar-refractivity contribution in [1.29, 1.82) is 0 Å². The summed E-state index contributed by atoms with van der Waals surface area (Å²) in [4.78, 5) is 35.2. The minimum atomic E-state index is -0.546. The Morgan fingerprint density at radius 3 is 2.11 bits per heavy atom. The Morgan fingerprint density at radius 1 is 0.929 bits per heavy atom. The molecule has 1 aliphatic heterocycles. The van der Waals surface area contributed by atoms with Crippen LogP contribution in [-0.4, -0.2) is 37.1 Å². The third-order valence-electron chi connectivity index (χ3n) is 4.35. The first-order valence-corrected chi connectivity index (χ1v) is 8.99. The van der Waals surface area contributed by atoms with Crippen LogP contribution in [0.1, 0.15) is 33.6 Å². The highest BCUT2D eigenvalue weighted by molar-refractivity contribution is 6.05. The van der Waals surface area contributed by atoms with Crippen LogP contribution in [0, 0.1) is 0 Å². The molecule has 8 heteroatoms. The van der Waals surface area contributed by atoms with Crippen LogP contribution in [0.15, 0.2) is 48.5 Å². The van der Waals surface area contributed by atoms with Crippen molar-refractivity contribution in [1.82, 2.24) is 5.32 Å². The lowest BCUT2D eigenvalue weighted by Crippen LogP contribution is -2.35. The van der Waals surface area contributed by atoms with Gasteiger partial charge in [-0.2, -0.15) is 0 Å². The normalized spacial score (nSPS) is 15.6. The number of carbonyl (C=O) groups excluding carboxylic acids is 3. The summed E-state index contributed by atoms with van der Waals surface area (Å²) in [5, 5.41) is 8.26. The molecule has 3 rings (SSSR count). The van der Waals surface area contributed by atoms with Gasteiger partial charge in [0.2, 0.25) is 5.91 Å². The quantitative estimate of drug-likeness (QED) is 0.612. The number of primary amides is 1. The van der Waals surface area contributed by atoms with Gasteiger partial charge in [0.15, 0.2) is 0 Å². The van der Waals surface area contributed by atoms with Crippen molar-refractivity contribution in [2.24, 2.45) is 5.73 Å². The minimum Gasteiger partial charge on any atom is -0.376 e. The summed E-state index contributed by atoms with van der Waals surface area (Å²) in [6.45, 7) is 1.23. The Labute approximate surface area is 162 Å². The van der Waals surface area contributed by atoms with Gasteiger partial charge < -0.3 is 26.4 Å². The Bertz CT molecular complexity index is 844. The van der Waals surface area contributed by atoms with Gasteiger partial charge in [-0.05, 0) is 61.4 Å². The number of ether oxygens (including phenoxy) is 1. The molecule has 0 aromatic heterocycles. The molecule has 8 nitrogen and oxygen atoms in total. The molecule has 146 valence electrons. The van der Waals surface area contributed by atoms with Crippen LogP contribution in [0.25, 0.3) is 0 Å². The van der Waals surface area contributed by atoms with Gasteiger partial charge in [0.1, 0.15) is 0 Å². The summed E-state index contributed by atoms with van der Waals surface area (Å²) in [5.41, 5.74) is 7.11. The van der Waals surface area contributed by atoms with Gasteiger partial charge in [-0.25, -0.2) is 4.79 Å². The highest BCUT2D eigenvalue weighted by Gasteiger charge is 2.16. The highest BCUT2D eigenvalue weighted by Crippen LogP contribution is 2.15. The fraction of sp³-hybridized carbons (Fsp3) is 0.250. The molecule has 2 aromatic carbocycles. The lowest BCUT2D eigenvalue weighted by molar-refractivity contribution is 0.0995. The molecule has 0 radical (unpaired) electrons. The summed E-state index contributed by atoms with van der Waals surface area (Å²) >= 11 is 0. The van der Waals surface area contributed by atoms with Crippen LogP contribution in [0.3, 0.4) is 0 Å². The Morgan fingerprint density at radius 2 is 1.54 bits per heavy atom. The predicted molar refractivity (Wildman–Crippen MR) is 105 cm³/mol. The van der Waals surface area contributed by atoms with E-state index in [0.717, 1.165) is 19.4 Å². The molecule has 1 unspecified atom stereocenters. The predicted octanol–water partition coefficient (Wildman–Crippen LogP) is 2.34. The molecule has 0 bridgehead atoms. The molecule has 1 aliphatic rings. The van der Waals surface area contributed by atoms with E-state index in [9.17, 15) is 14.4 Å². The molecular weight excluding hydrogens is 360 g/mol. The van der Waals surface area contributed by atoms with Crippen LogP contribution in [0.5, 0.6) is 0 Å². The fourth-order valence-corrected chi connectivity index (χ4v) is 2.81. The first-order chi connectivity index (χ1) is 13.5. The van der Waals surface area contributed by atoms with Gasteiger partial charge in [0, 0.05) is 35.7 Å². The average molecular weight is 382 g/mol. The van der Waals surface area contributed by atoms with Crippen molar-refractivity contribution >= 4 is 29.2 Å². The number of nitrogens with one attached hydrogen (secondary N) is 3. The summed E-state index contributed by atoms with van der Waals surface area (Å²) in [6.07, 6.45) is 2.07. The third kappa shape index (κ3) is 5.31. The first kappa shape index (κ1) is 19.4. The van der Waals surface area contributed by atoms with Crippen molar-refractivity contribution in [2.45, 2.75) is 18.9 Å². The van der Waals surface area contributed by atoms with Crippen LogP contribution >= 0.6 is 0 Å². The molecule has 1 atom stereocenters. The number of urea groups is 1. The fourth-order valence-electron chi connectivity index (χ4n) is 2.81. The molecule has 28 heavy (non-hydrogen) atoms. The summed E-state index contributed by atoms with van der Waals surface area (Å²) in [5.74, 6) is -0.860. The number of carbonyl (C=O) groups is 3. The lowest BCUT2D eigenvalue weighted by Gasteiger charge is -2.12. The number of nitrogens with two attached hydrogens (primary N) is 1. The van der Waals surface area contributed by atoms with E-state index in [0.29, 0.717) is 29.0 Å². The maximum Gasteiger partial charge on any atom is 0.319 e. The van der Waals surface area contributed by atoms with Crippen molar-refractivity contribution in [3.05, 3.63) is 59.7 Å². The number of hydrogen-bond acceptors (Lipinski definition) is 4. The van der Waals surface area contributed by atoms with Crippen LogP contribution in [0.2, 0.25) is 0 Å². The number of amides is 4. The molecule has 4 amide bonds. The van der Waals surface area contributed by atoms with Gasteiger partial charge in [-0.1, -0.05) is 0 Å². The molecule has 0 spiro atoms. The summed E-state index contributed by atoms with van der Waals surface area (Å²) in [6, 6.07) is 12.5.